The van der Waals surface area contributed by atoms with E-state index in [1.54, 1.807) is 12.1 Å². The van der Waals surface area contributed by atoms with Gasteiger partial charge in [-0.05, 0) is 19.1 Å². The van der Waals surface area contributed by atoms with Crippen molar-refractivity contribution in [1.82, 2.24) is 5.32 Å². The minimum atomic E-state index is -0.679. The molecule has 0 fully saturated rings. The molecule has 76 valence electrons. The number of carbonyl (C=O) groups excluding carboxylic acids is 1. The Morgan fingerprint density at radius 3 is 3.14 bits per heavy atom. The topological polar surface area (TPSA) is 63.8 Å². The van der Waals surface area contributed by atoms with Gasteiger partial charge in [0.2, 0.25) is 0 Å². The number of nitrogens with one attached hydrogen (secondary N) is 1. The average molecular weight is 217 g/mol. The number of oxime groups is 1. The van der Waals surface area contributed by atoms with Gasteiger partial charge >= 0.3 is 6.09 Å². The van der Waals surface area contributed by atoms with E-state index in [0.29, 0.717) is 5.76 Å². The Labute approximate surface area is 85.7 Å². The lowest BCUT2D eigenvalue weighted by Crippen LogP contribution is -2.21. The van der Waals surface area contributed by atoms with E-state index in [0.717, 1.165) is 0 Å². The van der Waals surface area contributed by atoms with Crippen molar-refractivity contribution in [2.24, 2.45) is 5.16 Å². The van der Waals surface area contributed by atoms with Crippen LogP contribution in [0.1, 0.15) is 12.7 Å². The summed E-state index contributed by atoms with van der Waals surface area (Å²) in [6.07, 6.45) is 0.838. The summed E-state index contributed by atoms with van der Waals surface area (Å²) >= 11 is 5.35. The molecule has 0 saturated carbocycles. The smallest absolute Gasteiger partial charge is 0.433 e. The second-order valence-corrected chi connectivity index (χ2v) is 2.95. The van der Waals surface area contributed by atoms with Gasteiger partial charge in [0.1, 0.15) is 10.9 Å². The maximum Gasteiger partial charge on any atom is 0.433 e. The van der Waals surface area contributed by atoms with Crippen molar-refractivity contribution in [3.63, 3.8) is 0 Å². The molecule has 6 heteroatoms. The summed E-state index contributed by atoms with van der Waals surface area (Å²) in [6, 6.07) is 3.46. The van der Waals surface area contributed by atoms with E-state index in [2.05, 4.69) is 15.3 Å². The van der Waals surface area contributed by atoms with Gasteiger partial charge in [0.25, 0.3) is 0 Å². The van der Waals surface area contributed by atoms with Gasteiger partial charge in [-0.3, -0.25) is 4.84 Å². The SMILES string of the molecule is C/C(Cl)=N/OC(=O)NCc1ccco1. The molecule has 1 heterocycles. The van der Waals surface area contributed by atoms with Crippen LogP contribution in [-0.2, 0) is 11.4 Å². The van der Waals surface area contributed by atoms with E-state index >= 15 is 0 Å². The molecule has 1 N–H and O–H groups in total. The minimum Gasteiger partial charge on any atom is -0.467 e. The quantitative estimate of drug-likeness (QED) is 0.478. The van der Waals surface area contributed by atoms with Crippen LogP contribution >= 0.6 is 11.6 Å². The van der Waals surface area contributed by atoms with Crippen LogP contribution in [0, 0.1) is 0 Å². The van der Waals surface area contributed by atoms with E-state index < -0.39 is 6.09 Å². The predicted molar refractivity (Wildman–Crippen MR) is 51.0 cm³/mol. The molecular weight excluding hydrogens is 208 g/mol. The molecule has 1 aromatic heterocycles. The first-order valence-corrected chi connectivity index (χ1v) is 4.23. The summed E-state index contributed by atoms with van der Waals surface area (Å²) in [5, 5.41) is 5.83. The monoisotopic (exact) mass is 216 g/mol. The fraction of sp³-hybridized carbons (Fsp3) is 0.250. The second-order valence-electron chi connectivity index (χ2n) is 2.40. The van der Waals surface area contributed by atoms with E-state index in [-0.39, 0.29) is 11.7 Å². The van der Waals surface area contributed by atoms with Crippen LogP contribution in [0.15, 0.2) is 28.0 Å². The number of halogens is 1. The Kier molecular flexibility index (Phi) is 4.00. The number of rotatable bonds is 3. The van der Waals surface area contributed by atoms with Gasteiger partial charge in [0, 0.05) is 0 Å². The molecule has 14 heavy (non-hydrogen) atoms. The molecule has 0 aliphatic heterocycles. The first kappa shape index (κ1) is 10.6. The average Bonchev–Trinajstić information content (AvgIpc) is 2.63. The Morgan fingerprint density at radius 2 is 2.57 bits per heavy atom. The second kappa shape index (κ2) is 5.29. The van der Waals surface area contributed by atoms with E-state index in [4.69, 9.17) is 16.0 Å². The Hall–Kier alpha value is -1.49. The zero-order valence-electron chi connectivity index (χ0n) is 7.49. The van der Waals surface area contributed by atoms with Crippen LogP contribution in [0.2, 0.25) is 0 Å². The summed E-state index contributed by atoms with van der Waals surface area (Å²) in [6.45, 7) is 1.75. The molecule has 5 nitrogen and oxygen atoms in total. The van der Waals surface area contributed by atoms with Crippen LogP contribution in [0.25, 0.3) is 0 Å². The van der Waals surface area contributed by atoms with Gasteiger partial charge in [0.05, 0.1) is 12.8 Å². The maximum absolute atomic E-state index is 10.9. The lowest BCUT2D eigenvalue weighted by atomic mass is 10.4. The van der Waals surface area contributed by atoms with Crippen molar-refractivity contribution < 1.29 is 14.0 Å². The highest BCUT2D eigenvalue weighted by molar-refractivity contribution is 6.64. The van der Waals surface area contributed by atoms with Crippen molar-refractivity contribution >= 4 is 22.9 Å². The lowest BCUT2D eigenvalue weighted by molar-refractivity contribution is 0.149. The van der Waals surface area contributed by atoms with Crippen molar-refractivity contribution in [3.05, 3.63) is 24.2 Å². The molecule has 0 aliphatic carbocycles. The molecule has 0 radical (unpaired) electrons. The number of carbonyl (C=O) groups is 1. The van der Waals surface area contributed by atoms with E-state index in [1.807, 2.05) is 0 Å². The number of furan rings is 1. The minimum absolute atomic E-state index is 0.151. The number of nitrogens with zero attached hydrogens (tertiary/aromatic N) is 1. The molecule has 0 spiro atoms. The summed E-state index contributed by atoms with van der Waals surface area (Å²) in [5.74, 6) is 0.633. The third kappa shape index (κ3) is 3.95. The van der Waals surface area contributed by atoms with Gasteiger partial charge in [-0.2, -0.15) is 0 Å². The highest BCUT2D eigenvalue weighted by Gasteiger charge is 2.02. The molecular formula is C8H9ClN2O3. The molecule has 0 aromatic carbocycles. The number of hydrogen-bond acceptors (Lipinski definition) is 4. The molecule has 0 bridgehead atoms. The van der Waals surface area contributed by atoms with Gasteiger partial charge < -0.3 is 9.73 Å². The van der Waals surface area contributed by atoms with Crippen molar-refractivity contribution in [2.75, 3.05) is 0 Å². The maximum atomic E-state index is 10.9. The summed E-state index contributed by atoms with van der Waals surface area (Å²) in [4.78, 5) is 15.3. The molecule has 0 atom stereocenters. The first-order chi connectivity index (χ1) is 6.68. The summed E-state index contributed by atoms with van der Waals surface area (Å²) < 4.78 is 4.98. The predicted octanol–water partition coefficient (Wildman–Crippen LogP) is 2.08. The molecule has 1 amide bonds. The van der Waals surface area contributed by atoms with Crippen LogP contribution in [0.4, 0.5) is 4.79 Å². The largest absolute Gasteiger partial charge is 0.467 e. The summed E-state index contributed by atoms with van der Waals surface area (Å²) in [7, 11) is 0. The van der Waals surface area contributed by atoms with E-state index in [1.165, 1.54) is 13.2 Å². The van der Waals surface area contributed by atoms with Gasteiger partial charge in [0.15, 0.2) is 0 Å². The van der Waals surface area contributed by atoms with Crippen LogP contribution in [-0.4, -0.2) is 11.3 Å². The van der Waals surface area contributed by atoms with Gasteiger partial charge in [-0.15, -0.1) is 0 Å². The number of hydrogen-bond donors (Lipinski definition) is 1. The fourth-order valence-electron chi connectivity index (χ4n) is 0.709. The Bertz CT molecular complexity index is 317. The molecule has 0 aliphatic rings. The molecule has 1 aromatic rings. The van der Waals surface area contributed by atoms with Crippen molar-refractivity contribution in [3.8, 4) is 0 Å². The highest BCUT2D eigenvalue weighted by Crippen LogP contribution is 1.98. The fourth-order valence-corrected chi connectivity index (χ4v) is 0.744. The van der Waals surface area contributed by atoms with Crippen LogP contribution in [0.5, 0.6) is 0 Å². The zero-order valence-corrected chi connectivity index (χ0v) is 8.25. The Balaban J connectivity index is 2.25. The lowest BCUT2D eigenvalue weighted by Gasteiger charge is -1.99. The highest BCUT2D eigenvalue weighted by atomic mass is 35.5. The summed E-state index contributed by atoms with van der Waals surface area (Å²) in [5.41, 5.74) is 0. The molecule has 0 unspecified atom stereocenters. The number of amides is 1. The van der Waals surface area contributed by atoms with Crippen LogP contribution < -0.4 is 5.32 Å². The Morgan fingerprint density at radius 1 is 1.79 bits per heavy atom. The van der Waals surface area contributed by atoms with Crippen molar-refractivity contribution in [2.45, 2.75) is 13.5 Å². The standard InChI is InChI=1S/C8H9ClN2O3/c1-6(9)11-14-8(12)10-5-7-3-2-4-13-7/h2-4H,5H2,1H3,(H,10,12)/b11-6-. The zero-order chi connectivity index (χ0) is 10.4. The third-order valence-corrected chi connectivity index (χ3v) is 1.31. The normalized spacial score (nSPS) is 11.1. The van der Waals surface area contributed by atoms with Gasteiger partial charge in [-0.25, -0.2) is 4.79 Å². The van der Waals surface area contributed by atoms with Crippen molar-refractivity contribution in [1.29, 1.82) is 0 Å². The first-order valence-electron chi connectivity index (χ1n) is 3.86. The molecule has 0 saturated heterocycles. The molecule has 1 rings (SSSR count). The van der Waals surface area contributed by atoms with E-state index in [9.17, 15) is 4.79 Å². The van der Waals surface area contributed by atoms with Gasteiger partial charge in [-0.1, -0.05) is 16.8 Å². The third-order valence-electron chi connectivity index (χ3n) is 1.24. The van der Waals surface area contributed by atoms with Crippen LogP contribution in [0.3, 0.4) is 0 Å².